The Kier molecular flexibility index (Phi) is 5.28. The molecule has 0 unspecified atom stereocenters. The molecule has 0 aliphatic carbocycles. The van der Waals surface area contributed by atoms with Crippen LogP contribution in [0, 0.1) is 0 Å². The van der Waals surface area contributed by atoms with Crippen molar-refractivity contribution in [1.29, 1.82) is 0 Å². The molecule has 0 saturated carbocycles. The fraction of sp³-hybridized carbons (Fsp3) is 1.00. The topological polar surface area (TPSA) is 3.24 Å². The first-order valence-electron chi connectivity index (χ1n) is 2.69. The van der Waals surface area contributed by atoms with Crippen molar-refractivity contribution in [3.05, 3.63) is 0 Å². The molecule has 0 amide bonds. The average Bonchev–Trinajstić information content (AvgIpc) is 1.63. The Labute approximate surface area is 62.2 Å². The minimum Gasteiger partial charge on any atom is -0.300 e. The Morgan fingerprint density at radius 2 is 2.11 bits per heavy atom. The first-order valence-corrected chi connectivity index (χ1v) is 3.81. The number of halogens is 3. The average molecular weight is 202 g/mol. The summed E-state index contributed by atoms with van der Waals surface area (Å²) in [5, 5.41) is 0.746. The maximum Gasteiger partial charge on any atom is 0.251 e. The molecule has 0 aromatic rings. The Balaban J connectivity index is 3.15. The van der Waals surface area contributed by atoms with Crippen LogP contribution in [0.25, 0.3) is 0 Å². The highest BCUT2D eigenvalue weighted by Gasteiger charge is 2.05. The summed E-state index contributed by atoms with van der Waals surface area (Å²) in [7, 11) is 1.67. The highest BCUT2D eigenvalue weighted by Crippen LogP contribution is 1.95. The van der Waals surface area contributed by atoms with Crippen molar-refractivity contribution in [1.82, 2.24) is 4.90 Å². The minimum atomic E-state index is -2.21. The van der Waals surface area contributed by atoms with Gasteiger partial charge in [-0.05, 0) is 7.05 Å². The van der Waals surface area contributed by atoms with Gasteiger partial charge in [0.1, 0.15) is 0 Å². The fourth-order valence-corrected chi connectivity index (χ4v) is 1.08. The van der Waals surface area contributed by atoms with Crippen LogP contribution in [-0.4, -0.2) is 36.8 Å². The van der Waals surface area contributed by atoms with Gasteiger partial charge in [-0.3, -0.25) is 4.90 Å². The van der Waals surface area contributed by atoms with Gasteiger partial charge in [-0.15, -0.1) is 0 Å². The summed E-state index contributed by atoms with van der Waals surface area (Å²) in [5.74, 6) is 0. The van der Waals surface area contributed by atoms with Gasteiger partial charge in [0.05, 0.1) is 6.54 Å². The van der Waals surface area contributed by atoms with Crippen molar-refractivity contribution >= 4 is 15.9 Å². The number of nitrogens with zero attached hydrogens (tertiary/aromatic N) is 1. The molecule has 0 aliphatic rings. The molecule has 0 bridgehead atoms. The molecule has 0 fully saturated rings. The summed E-state index contributed by atoms with van der Waals surface area (Å²) in [5.41, 5.74) is 0. The van der Waals surface area contributed by atoms with Gasteiger partial charge in [-0.1, -0.05) is 15.9 Å². The lowest BCUT2D eigenvalue weighted by Crippen LogP contribution is -2.26. The quantitative estimate of drug-likeness (QED) is 0.625. The number of hydrogen-bond donors (Lipinski definition) is 0. The molecular weight excluding hydrogens is 192 g/mol. The van der Waals surface area contributed by atoms with E-state index in [2.05, 4.69) is 15.9 Å². The van der Waals surface area contributed by atoms with Gasteiger partial charge in [0.25, 0.3) is 6.43 Å². The van der Waals surface area contributed by atoms with E-state index in [-0.39, 0.29) is 6.54 Å². The van der Waals surface area contributed by atoms with Gasteiger partial charge >= 0.3 is 0 Å². The normalized spacial score (nSPS) is 11.3. The van der Waals surface area contributed by atoms with Crippen molar-refractivity contribution < 1.29 is 8.78 Å². The molecule has 1 nitrogen and oxygen atoms in total. The van der Waals surface area contributed by atoms with Crippen LogP contribution in [0.2, 0.25) is 0 Å². The Bertz CT molecular complexity index is 70.0. The molecule has 0 spiro atoms. The molecule has 0 atom stereocenters. The zero-order chi connectivity index (χ0) is 7.28. The predicted octanol–water partition coefficient (Wildman–Crippen LogP) is 1.58. The molecule has 0 N–H and O–H groups in total. The molecule has 0 aromatic carbocycles. The molecule has 9 heavy (non-hydrogen) atoms. The molecule has 0 saturated heterocycles. The molecule has 0 radical (unpaired) electrons. The van der Waals surface area contributed by atoms with E-state index in [9.17, 15) is 8.78 Å². The fourth-order valence-electron chi connectivity index (χ4n) is 0.471. The highest BCUT2D eigenvalue weighted by atomic mass is 79.9. The number of rotatable bonds is 4. The summed E-state index contributed by atoms with van der Waals surface area (Å²) >= 11 is 3.15. The second kappa shape index (κ2) is 5.11. The van der Waals surface area contributed by atoms with E-state index >= 15 is 0 Å². The van der Waals surface area contributed by atoms with Gasteiger partial charge in [0.2, 0.25) is 0 Å². The molecule has 0 aromatic heterocycles. The van der Waals surface area contributed by atoms with Crippen LogP contribution in [0.1, 0.15) is 0 Å². The van der Waals surface area contributed by atoms with Crippen molar-refractivity contribution in [2.75, 3.05) is 25.5 Å². The van der Waals surface area contributed by atoms with Crippen molar-refractivity contribution in [3.63, 3.8) is 0 Å². The lowest BCUT2D eigenvalue weighted by molar-refractivity contribution is 0.103. The lowest BCUT2D eigenvalue weighted by atomic mass is 10.5. The van der Waals surface area contributed by atoms with E-state index in [0.717, 1.165) is 5.33 Å². The van der Waals surface area contributed by atoms with E-state index in [1.54, 1.807) is 11.9 Å². The van der Waals surface area contributed by atoms with Crippen LogP contribution in [-0.2, 0) is 0 Å². The molecule has 0 rings (SSSR count). The van der Waals surface area contributed by atoms with Crippen molar-refractivity contribution in [2.45, 2.75) is 6.43 Å². The lowest BCUT2D eigenvalue weighted by Gasteiger charge is -2.12. The highest BCUT2D eigenvalue weighted by molar-refractivity contribution is 9.09. The van der Waals surface area contributed by atoms with Crippen LogP contribution in [0.15, 0.2) is 0 Å². The molecule has 0 aliphatic heterocycles. The van der Waals surface area contributed by atoms with Crippen LogP contribution >= 0.6 is 15.9 Å². The first kappa shape index (κ1) is 9.30. The zero-order valence-electron chi connectivity index (χ0n) is 5.28. The Hall–Kier alpha value is 0.300. The summed E-state index contributed by atoms with van der Waals surface area (Å²) in [6, 6.07) is 0. The standard InChI is InChI=1S/C5H10BrF2N/c1-9(3-2-6)4-5(7)8/h5H,2-4H2,1H3. The summed E-state index contributed by atoms with van der Waals surface area (Å²) < 4.78 is 23.1. The number of hydrogen-bond acceptors (Lipinski definition) is 1. The molecule has 56 valence electrons. The van der Waals surface area contributed by atoms with Crippen LogP contribution in [0.5, 0.6) is 0 Å². The van der Waals surface area contributed by atoms with E-state index in [4.69, 9.17) is 0 Å². The van der Waals surface area contributed by atoms with E-state index in [0.29, 0.717) is 6.54 Å². The Morgan fingerprint density at radius 3 is 2.44 bits per heavy atom. The smallest absolute Gasteiger partial charge is 0.251 e. The zero-order valence-corrected chi connectivity index (χ0v) is 6.87. The van der Waals surface area contributed by atoms with Gasteiger partial charge < -0.3 is 0 Å². The van der Waals surface area contributed by atoms with Crippen molar-refractivity contribution in [2.24, 2.45) is 0 Å². The summed E-state index contributed by atoms with van der Waals surface area (Å²) in [4.78, 5) is 1.58. The van der Waals surface area contributed by atoms with Crippen LogP contribution < -0.4 is 0 Å². The Morgan fingerprint density at radius 1 is 1.56 bits per heavy atom. The first-order chi connectivity index (χ1) is 4.16. The molecular formula is C5H10BrF2N. The van der Waals surface area contributed by atoms with Crippen molar-refractivity contribution in [3.8, 4) is 0 Å². The molecule has 4 heteroatoms. The maximum atomic E-state index is 11.6. The minimum absolute atomic E-state index is 0.133. The second-order valence-electron chi connectivity index (χ2n) is 1.84. The summed E-state index contributed by atoms with van der Waals surface area (Å²) in [6.07, 6.45) is -2.21. The third-order valence-electron chi connectivity index (χ3n) is 0.916. The van der Waals surface area contributed by atoms with Gasteiger partial charge in [0.15, 0.2) is 0 Å². The van der Waals surface area contributed by atoms with E-state index in [1.807, 2.05) is 0 Å². The van der Waals surface area contributed by atoms with E-state index in [1.165, 1.54) is 0 Å². The van der Waals surface area contributed by atoms with E-state index < -0.39 is 6.43 Å². The SMILES string of the molecule is CN(CCBr)CC(F)F. The summed E-state index contributed by atoms with van der Waals surface area (Å²) in [6.45, 7) is 0.538. The van der Waals surface area contributed by atoms with Gasteiger partial charge in [-0.25, -0.2) is 8.78 Å². The van der Waals surface area contributed by atoms with Gasteiger partial charge in [0, 0.05) is 11.9 Å². The largest absolute Gasteiger partial charge is 0.300 e. The predicted molar refractivity (Wildman–Crippen MR) is 37.3 cm³/mol. The van der Waals surface area contributed by atoms with Crippen LogP contribution in [0.3, 0.4) is 0 Å². The van der Waals surface area contributed by atoms with Gasteiger partial charge in [-0.2, -0.15) is 0 Å². The second-order valence-corrected chi connectivity index (χ2v) is 2.64. The third-order valence-corrected chi connectivity index (χ3v) is 1.27. The maximum absolute atomic E-state index is 11.6. The molecule has 0 heterocycles. The number of alkyl halides is 3. The third kappa shape index (κ3) is 6.18. The van der Waals surface area contributed by atoms with Crippen LogP contribution in [0.4, 0.5) is 8.78 Å². The monoisotopic (exact) mass is 201 g/mol.